The summed E-state index contributed by atoms with van der Waals surface area (Å²) in [6, 6.07) is 12.3. The molecule has 0 saturated carbocycles. The van der Waals surface area contributed by atoms with Gasteiger partial charge in [0.25, 0.3) is 5.91 Å². The summed E-state index contributed by atoms with van der Waals surface area (Å²) < 4.78 is 4.63. The number of hydrogen-bond acceptors (Lipinski definition) is 3. The molecule has 0 aliphatic heterocycles. The maximum absolute atomic E-state index is 12.2. The number of aryl methyl sites for hydroxylation is 2. The van der Waals surface area contributed by atoms with Gasteiger partial charge in [-0.25, -0.2) is 4.79 Å². The van der Waals surface area contributed by atoms with Crippen molar-refractivity contribution in [2.45, 2.75) is 13.8 Å². The first kappa shape index (κ1) is 14.8. The molecule has 1 amide bonds. The number of amides is 1. The van der Waals surface area contributed by atoms with E-state index in [0.717, 1.165) is 11.1 Å². The predicted molar refractivity (Wildman–Crippen MR) is 81.7 cm³/mol. The lowest BCUT2D eigenvalue weighted by Crippen LogP contribution is -2.13. The van der Waals surface area contributed by atoms with E-state index in [0.29, 0.717) is 16.8 Å². The second kappa shape index (κ2) is 6.22. The van der Waals surface area contributed by atoms with Crippen molar-refractivity contribution in [3.63, 3.8) is 0 Å². The van der Waals surface area contributed by atoms with Crippen molar-refractivity contribution in [2.24, 2.45) is 0 Å². The Morgan fingerprint density at radius 1 is 1.00 bits per heavy atom. The Bertz CT molecular complexity index is 675. The number of ether oxygens (including phenoxy) is 1. The van der Waals surface area contributed by atoms with Gasteiger partial charge in [0, 0.05) is 11.3 Å². The molecule has 0 heterocycles. The van der Waals surface area contributed by atoms with Gasteiger partial charge in [-0.1, -0.05) is 17.7 Å². The molecule has 2 rings (SSSR count). The zero-order chi connectivity index (χ0) is 15.4. The third-order valence-corrected chi connectivity index (χ3v) is 3.19. The lowest BCUT2D eigenvalue weighted by atomic mass is 10.1. The molecule has 0 bridgehead atoms. The molecule has 2 aromatic carbocycles. The maximum atomic E-state index is 12.2. The minimum Gasteiger partial charge on any atom is -0.465 e. The molecule has 4 nitrogen and oxygen atoms in total. The van der Waals surface area contributed by atoms with E-state index in [-0.39, 0.29) is 5.91 Å². The number of hydrogen-bond donors (Lipinski definition) is 1. The Morgan fingerprint density at radius 2 is 1.67 bits per heavy atom. The van der Waals surface area contributed by atoms with Crippen LogP contribution >= 0.6 is 0 Å². The first-order valence-electron chi connectivity index (χ1n) is 6.58. The number of nitrogens with one attached hydrogen (secondary N) is 1. The monoisotopic (exact) mass is 283 g/mol. The molecule has 0 radical (unpaired) electrons. The second-order valence-electron chi connectivity index (χ2n) is 4.84. The van der Waals surface area contributed by atoms with Gasteiger partial charge in [-0.2, -0.15) is 0 Å². The quantitative estimate of drug-likeness (QED) is 0.879. The van der Waals surface area contributed by atoms with Crippen LogP contribution in [0.5, 0.6) is 0 Å². The van der Waals surface area contributed by atoms with Crippen molar-refractivity contribution in [2.75, 3.05) is 12.4 Å². The SMILES string of the molecule is COC(=O)c1ccc(NC(=O)c2ccc(C)cc2C)cc1. The van der Waals surface area contributed by atoms with E-state index in [2.05, 4.69) is 10.1 Å². The highest BCUT2D eigenvalue weighted by Gasteiger charge is 2.10. The number of carbonyl (C=O) groups excluding carboxylic acids is 2. The molecular formula is C17H17NO3. The summed E-state index contributed by atoms with van der Waals surface area (Å²) in [5.41, 5.74) is 3.76. The second-order valence-corrected chi connectivity index (χ2v) is 4.84. The van der Waals surface area contributed by atoms with E-state index in [1.54, 1.807) is 24.3 Å². The first-order chi connectivity index (χ1) is 10.0. The zero-order valence-corrected chi connectivity index (χ0v) is 12.3. The predicted octanol–water partition coefficient (Wildman–Crippen LogP) is 3.34. The number of benzene rings is 2. The third kappa shape index (κ3) is 3.48. The molecule has 0 atom stereocenters. The molecule has 1 N–H and O–H groups in total. The van der Waals surface area contributed by atoms with Gasteiger partial charge >= 0.3 is 5.97 Å². The number of anilines is 1. The zero-order valence-electron chi connectivity index (χ0n) is 12.3. The highest BCUT2D eigenvalue weighted by atomic mass is 16.5. The molecule has 0 aliphatic carbocycles. The summed E-state index contributed by atoms with van der Waals surface area (Å²) in [5, 5.41) is 2.81. The lowest BCUT2D eigenvalue weighted by molar-refractivity contribution is 0.0600. The van der Waals surface area contributed by atoms with E-state index >= 15 is 0 Å². The van der Waals surface area contributed by atoms with E-state index < -0.39 is 5.97 Å². The highest BCUT2D eigenvalue weighted by molar-refractivity contribution is 6.05. The average Bonchev–Trinajstić information content (AvgIpc) is 2.47. The van der Waals surface area contributed by atoms with Crippen LogP contribution in [0.4, 0.5) is 5.69 Å². The van der Waals surface area contributed by atoms with Crippen molar-refractivity contribution in [3.05, 3.63) is 64.7 Å². The largest absolute Gasteiger partial charge is 0.465 e. The van der Waals surface area contributed by atoms with Crippen LogP contribution in [0.25, 0.3) is 0 Å². The van der Waals surface area contributed by atoms with Crippen molar-refractivity contribution in [1.82, 2.24) is 0 Å². The summed E-state index contributed by atoms with van der Waals surface area (Å²) in [6.45, 7) is 3.89. The van der Waals surface area contributed by atoms with Crippen molar-refractivity contribution < 1.29 is 14.3 Å². The molecule has 0 aliphatic rings. The molecule has 21 heavy (non-hydrogen) atoms. The summed E-state index contributed by atoms with van der Waals surface area (Å²) in [5.74, 6) is -0.569. The molecule has 0 aromatic heterocycles. The minimum absolute atomic E-state index is 0.168. The van der Waals surface area contributed by atoms with Gasteiger partial charge in [0.15, 0.2) is 0 Å². The molecule has 2 aromatic rings. The summed E-state index contributed by atoms with van der Waals surface area (Å²) >= 11 is 0. The fraction of sp³-hybridized carbons (Fsp3) is 0.176. The Balaban J connectivity index is 2.14. The van der Waals surface area contributed by atoms with Gasteiger partial charge in [-0.3, -0.25) is 4.79 Å². The highest BCUT2D eigenvalue weighted by Crippen LogP contribution is 2.15. The first-order valence-corrected chi connectivity index (χ1v) is 6.58. The van der Waals surface area contributed by atoms with Gasteiger partial charge < -0.3 is 10.1 Å². The fourth-order valence-electron chi connectivity index (χ4n) is 2.07. The number of carbonyl (C=O) groups is 2. The van der Waals surface area contributed by atoms with Gasteiger partial charge in [0.1, 0.15) is 0 Å². The van der Waals surface area contributed by atoms with Gasteiger partial charge in [-0.05, 0) is 49.7 Å². The molecule has 0 unspecified atom stereocenters. The average molecular weight is 283 g/mol. The smallest absolute Gasteiger partial charge is 0.337 e. The molecule has 108 valence electrons. The Hall–Kier alpha value is -2.62. The normalized spacial score (nSPS) is 10.0. The van der Waals surface area contributed by atoms with Gasteiger partial charge in [-0.15, -0.1) is 0 Å². The van der Waals surface area contributed by atoms with Crippen molar-refractivity contribution in [3.8, 4) is 0 Å². The summed E-state index contributed by atoms with van der Waals surface area (Å²) in [7, 11) is 1.33. The Morgan fingerprint density at radius 3 is 2.24 bits per heavy atom. The molecular weight excluding hydrogens is 266 g/mol. The third-order valence-electron chi connectivity index (χ3n) is 3.19. The van der Waals surface area contributed by atoms with E-state index in [1.807, 2.05) is 32.0 Å². The summed E-state index contributed by atoms with van der Waals surface area (Å²) in [4.78, 5) is 23.6. The standard InChI is InChI=1S/C17H17NO3/c1-11-4-9-15(12(2)10-11)16(19)18-14-7-5-13(6-8-14)17(20)21-3/h4-10H,1-3H3,(H,18,19). The van der Waals surface area contributed by atoms with E-state index in [4.69, 9.17) is 0 Å². The molecule has 4 heteroatoms. The van der Waals surface area contributed by atoms with Gasteiger partial charge in [0.05, 0.1) is 12.7 Å². The van der Waals surface area contributed by atoms with Crippen LogP contribution in [0.15, 0.2) is 42.5 Å². The van der Waals surface area contributed by atoms with E-state index in [9.17, 15) is 9.59 Å². The van der Waals surface area contributed by atoms with Crippen LogP contribution in [-0.4, -0.2) is 19.0 Å². The van der Waals surface area contributed by atoms with Crippen molar-refractivity contribution >= 4 is 17.6 Å². The van der Waals surface area contributed by atoms with Crippen LogP contribution in [-0.2, 0) is 4.74 Å². The van der Waals surface area contributed by atoms with Crippen LogP contribution < -0.4 is 5.32 Å². The van der Waals surface area contributed by atoms with Crippen LogP contribution in [0.3, 0.4) is 0 Å². The fourth-order valence-corrected chi connectivity index (χ4v) is 2.07. The molecule has 0 saturated heterocycles. The maximum Gasteiger partial charge on any atom is 0.337 e. The molecule has 0 fully saturated rings. The summed E-state index contributed by atoms with van der Waals surface area (Å²) in [6.07, 6.45) is 0. The van der Waals surface area contributed by atoms with Gasteiger partial charge in [0.2, 0.25) is 0 Å². The topological polar surface area (TPSA) is 55.4 Å². The molecule has 0 spiro atoms. The van der Waals surface area contributed by atoms with E-state index in [1.165, 1.54) is 7.11 Å². The Labute approximate surface area is 123 Å². The Kier molecular flexibility index (Phi) is 4.38. The number of methoxy groups -OCH3 is 1. The van der Waals surface area contributed by atoms with Crippen molar-refractivity contribution in [1.29, 1.82) is 0 Å². The van der Waals surface area contributed by atoms with Crippen LogP contribution in [0, 0.1) is 13.8 Å². The van der Waals surface area contributed by atoms with Crippen LogP contribution in [0.2, 0.25) is 0 Å². The van der Waals surface area contributed by atoms with Crippen LogP contribution in [0.1, 0.15) is 31.8 Å². The number of rotatable bonds is 3. The number of esters is 1. The lowest BCUT2D eigenvalue weighted by Gasteiger charge is -2.09. The minimum atomic E-state index is -0.401.